The molecular weight excluding hydrogens is 260 g/mol. The monoisotopic (exact) mass is 284 g/mol. The van der Waals surface area contributed by atoms with Gasteiger partial charge in [-0.3, -0.25) is 4.90 Å². The Balaban J connectivity index is 0.00000180. The summed E-state index contributed by atoms with van der Waals surface area (Å²) in [6.07, 6.45) is 3.81. The van der Waals surface area contributed by atoms with Gasteiger partial charge >= 0.3 is 0 Å². The molecule has 19 heavy (non-hydrogen) atoms. The van der Waals surface area contributed by atoms with E-state index in [9.17, 15) is 0 Å². The van der Waals surface area contributed by atoms with Crippen molar-refractivity contribution < 1.29 is 4.74 Å². The van der Waals surface area contributed by atoms with Gasteiger partial charge in [0.2, 0.25) is 0 Å². The molecule has 0 aliphatic carbocycles. The van der Waals surface area contributed by atoms with Crippen LogP contribution in [-0.4, -0.2) is 38.2 Å². The molecule has 0 aromatic heterocycles. The maximum atomic E-state index is 5.42. The van der Waals surface area contributed by atoms with Gasteiger partial charge in [-0.05, 0) is 45.5 Å². The van der Waals surface area contributed by atoms with E-state index in [1.165, 1.54) is 31.4 Å². The molecule has 108 valence electrons. The zero-order valence-corrected chi connectivity index (χ0v) is 12.7. The van der Waals surface area contributed by atoms with E-state index in [2.05, 4.69) is 29.4 Å². The fraction of sp³-hybridized carbons (Fsp3) is 0.600. The van der Waals surface area contributed by atoms with Crippen LogP contribution in [0.15, 0.2) is 24.3 Å². The zero-order valence-electron chi connectivity index (χ0n) is 11.9. The van der Waals surface area contributed by atoms with Gasteiger partial charge in [0.15, 0.2) is 0 Å². The second-order valence-corrected chi connectivity index (χ2v) is 5.06. The van der Waals surface area contributed by atoms with E-state index >= 15 is 0 Å². The van der Waals surface area contributed by atoms with Crippen LogP contribution in [0.4, 0.5) is 0 Å². The summed E-state index contributed by atoms with van der Waals surface area (Å²) in [7, 11) is 3.97. The molecule has 0 bridgehead atoms. The van der Waals surface area contributed by atoms with E-state index in [4.69, 9.17) is 4.74 Å². The van der Waals surface area contributed by atoms with Crippen LogP contribution in [0.1, 0.15) is 24.8 Å². The first-order valence-corrected chi connectivity index (χ1v) is 6.84. The SMILES string of the molecule is COc1ccccc1CN(C)C1CCCNCC1.Cl. The molecule has 1 aliphatic heterocycles. The third-order valence-electron chi connectivity index (χ3n) is 3.78. The molecule has 1 aromatic rings. The Morgan fingerprint density at radius 1 is 1.26 bits per heavy atom. The van der Waals surface area contributed by atoms with Crippen LogP contribution in [-0.2, 0) is 6.54 Å². The van der Waals surface area contributed by atoms with Crippen molar-refractivity contribution in [2.75, 3.05) is 27.2 Å². The molecule has 1 unspecified atom stereocenters. The summed E-state index contributed by atoms with van der Waals surface area (Å²) < 4.78 is 5.42. The average molecular weight is 285 g/mol. The maximum Gasteiger partial charge on any atom is 0.123 e. The van der Waals surface area contributed by atoms with E-state index in [0.717, 1.165) is 18.8 Å². The van der Waals surface area contributed by atoms with Gasteiger partial charge in [-0.1, -0.05) is 18.2 Å². The molecular formula is C15H25ClN2O. The summed E-state index contributed by atoms with van der Waals surface area (Å²) in [5.41, 5.74) is 1.28. The topological polar surface area (TPSA) is 24.5 Å². The maximum absolute atomic E-state index is 5.42. The Labute approximate surface area is 122 Å². The third kappa shape index (κ3) is 4.68. The molecule has 4 heteroatoms. The van der Waals surface area contributed by atoms with E-state index in [1.54, 1.807) is 7.11 Å². The number of rotatable bonds is 4. The van der Waals surface area contributed by atoms with Crippen LogP contribution >= 0.6 is 12.4 Å². The van der Waals surface area contributed by atoms with E-state index in [-0.39, 0.29) is 12.4 Å². The molecule has 0 amide bonds. The van der Waals surface area contributed by atoms with Crippen molar-refractivity contribution in [3.05, 3.63) is 29.8 Å². The minimum absolute atomic E-state index is 0. The van der Waals surface area contributed by atoms with Gasteiger partial charge in [-0.2, -0.15) is 0 Å². The van der Waals surface area contributed by atoms with Crippen LogP contribution in [0.2, 0.25) is 0 Å². The van der Waals surface area contributed by atoms with Crippen LogP contribution < -0.4 is 10.1 Å². The predicted octanol–water partition coefficient (Wildman–Crippen LogP) is 2.69. The lowest BCUT2D eigenvalue weighted by atomic mass is 10.1. The summed E-state index contributed by atoms with van der Waals surface area (Å²) in [6, 6.07) is 8.99. The quantitative estimate of drug-likeness (QED) is 0.920. The Kier molecular flexibility index (Phi) is 7.21. The Morgan fingerprint density at radius 2 is 2.05 bits per heavy atom. The highest BCUT2D eigenvalue weighted by molar-refractivity contribution is 5.85. The molecule has 1 N–H and O–H groups in total. The number of nitrogens with zero attached hydrogens (tertiary/aromatic N) is 1. The van der Waals surface area contributed by atoms with Gasteiger partial charge in [-0.25, -0.2) is 0 Å². The summed E-state index contributed by atoms with van der Waals surface area (Å²) in [6.45, 7) is 3.27. The third-order valence-corrected chi connectivity index (χ3v) is 3.78. The summed E-state index contributed by atoms with van der Waals surface area (Å²) >= 11 is 0. The van der Waals surface area contributed by atoms with Crippen molar-refractivity contribution in [3.8, 4) is 5.75 Å². The Morgan fingerprint density at radius 3 is 2.84 bits per heavy atom. The first-order chi connectivity index (χ1) is 8.81. The smallest absolute Gasteiger partial charge is 0.123 e. The van der Waals surface area contributed by atoms with Gasteiger partial charge in [0, 0.05) is 18.2 Å². The fourth-order valence-electron chi connectivity index (χ4n) is 2.67. The lowest BCUT2D eigenvalue weighted by Crippen LogP contribution is -2.32. The minimum Gasteiger partial charge on any atom is -0.496 e. The summed E-state index contributed by atoms with van der Waals surface area (Å²) in [5.74, 6) is 0.996. The van der Waals surface area contributed by atoms with Crippen LogP contribution in [0, 0.1) is 0 Å². The first kappa shape index (κ1) is 16.3. The second kappa shape index (κ2) is 8.41. The number of hydrogen-bond donors (Lipinski definition) is 1. The van der Waals surface area contributed by atoms with E-state index < -0.39 is 0 Å². The molecule has 3 nitrogen and oxygen atoms in total. The molecule has 2 rings (SSSR count). The zero-order chi connectivity index (χ0) is 12.8. The van der Waals surface area contributed by atoms with E-state index in [1.807, 2.05) is 12.1 Å². The highest BCUT2D eigenvalue weighted by atomic mass is 35.5. The number of nitrogens with one attached hydrogen (secondary N) is 1. The van der Waals surface area contributed by atoms with Gasteiger partial charge in [0.25, 0.3) is 0 Å². The van der Waals surface area contributed by atoms with Gasteiger partial charge in [-0.15, -0.1) is 12.4 Å². The molecule has 0 radical (unpaired) electrons. The molecule has 1 saturated heterocycles. The lowest BCUT2D eigenvalue weighted by Gasteiger charge is -2.27. The van der Waals surface area contributed by atoms with Crippen molar-refractivity contribution in [1.82, 2.24) is 10.2 Å². The van der Waals surface area contributed by atoms with Crippen molar-refractivity contribution >= 4 is 12.4 Å². The van der Waals surface area contributed by atoms with Crippen molar-refractivity contribution in [2.24, 2.45) is 0 Å². The first-order valence-electron chi connectivity index (χ1n) is 6.84. The Bertz CT molecular complexity index is 365. The average Bonchev–Trinajstić information content (AvgIpc) is 2.68. The molecule has 1 aromatic carbocycles. The van der Waals surface area contributed by atoms with Gasteiger partial charge in [0.1, 0.15) is 5.75 Å². The van der Waals surface area contributed by atoms with E-state index in [0.29, 0.717) is 6.04 Å². The minimum atomic E-state index is 0. The van der Waals surface area contributed by atoms with Crippen LogP contribution in [0.25, 0.3) is 0 Å². The molecule has 1 atom stereocenters. The van der Waals surface area contributed by atoms with Crippen molar-refractivity contribution in [2.45, 2.75) is 31.8 Å². The van der Waals surface area contributed by atoms with Gasteiger partial charge in [0.05, 0.1) is 7.11 Å². The van der Waals surface area contributed by atoms with Crippen molar-refractivity contribution in [1.29, 1.82) is 0 Å². The fourth-order valence-corrected chi connectivity index (χ4v) is 2.67. The second-order valence-electron chi connectivity index (χ2n) is 5.06. The summed E-state index contributed by atoms with van der Waals surface area (Å²) in [4.78, 5) is 2.46. The Hall–Kier alpha value is -0.770. The lowest BCUT2D eigenvalue weighted by molar-refractivity contribution is 0.214. The summed E-state index contributed by atoms with van der Waals surface area (Å²) in [5, 5.41) is 3.47. The number of para-hydroxylation sites is 1. The molecule has 0 spiro atoms. The molecule has 1 aliphatic rings. The standard InChI is InChI=1S/C15H24N2O.ClH/c1-17(14-7-5-10-16-11-9-14)12-13-6-3-4-8-15(13)18-2;/h3-4,6,8,14,16H,5,7,9-12H2,1-2H3;1H. The highest BCUT2D eigenvalue weighted by Crippen LogP contribution is 2.21. The van der Waals surface area contributed by atoms with Crippen molar-refractivity contribution in [3.63, 3.8) is 0 Å². The largest absolute Gasteiger partial charge is 0.496 e. The highest BCUT2D eigenvalue weighted by Gasteiger charge is 2.17. The van der Waals surface area contributed by atoms with Gasteiger partial charge < -0.3 is 10.1 Å². The predicted molar refractivity (Wildman–Crippen MR) is 82.2 cm³/mol. The number of ether oxygens (including phenoxy) is 1. The number of hydrogen-bond acceptors (Lipinski definition) is 3. The van der Waals surface area contributed by atoms with Crippen LogP contribution in [0.3, 0.4) is 0 Å². The number of methoxy groups -OCH3 is 1. The normalized spacial score (nSPS) is 19.6. The molecule has 0 saturated carbocycles. The van der Waals surface area contributed by atoms with Crippen LogP contribution in [0.5, 0.6) is 5.75 Å². The molecule has 1 fully saturated rings. The number of benzene rings is 1. The number of halogens is 1. The molecule has 1 heterocycles.